The van der Waals surface area contributed by atoms with Crippen molar-refractivity contribution in [3.8, 4) is 0 Å². The summed E-state index contributed by atoms with van der Waals surface area (Å²) in [4.78, 5) is 0. The van der Waals surface area contributed by atoms with Crippen LogP contribution in [0, 0.1) is 13.8 Å². The highest BCUT2D eigenvalue weighted by molar-refractivity contribution is 7.92. The number of furan rings is 1. The molecule has 0 bridgehead atoms. The molecule has 4 nitrogen and oxygen atoms in total. The van der Waals surface area contributed by atoms with Crippen LogP contribution in [0.5, 0.6) is 0 Å². The Balaban J connectivity index is 3.22. The first-order chi connectivity index (χ1) is 7.07. The number of hydrogen-bond donors (Lipinski definition) is 1. The van der Waals surface area contributed by atoms with Crippen LogP contribution in [0.15, 0.2) is 10.5 Å². The Morgan fingerprint density at radius 1 is 1.38 bits per heavy atom. The molecule has 0 fully saturated rings. The Morgan fingerprint density at radius 2 is 1.88 bits per heavy atom. The summed E-state index contributed by atoms with van der Waals surface area (Å²) in [6, 6.07) is 1.22. The first-order valence-electron chi connectivity index (χ1n) is 5.09. The van der Waals surface area contributed by atoms with E-state index in [1.54, 1.807) is 26.8 Å². The summed E-state index contributed by atoms with van der Waals surface area (Å²) >= 11 is 0. The standard InChI is InChI=1S/C11H19NO3S/c1-7-6-9(8(2)15-7)10(12)11(3,4)16(5,13)14/h6,10H,12H2,1-5H3. The van der Waals surface area contributed by atoms with Gasteiger partial charge in [-0.2, -0.15) is 0 Å². The Morgan fingerprint density at radius 3 is 2.19 bits per heavy atom. The van der Waals surface area contributed by atoms with Crippen molar-refractivity contribution >= 4 is 9.84 Å². The molecule has 0 saturated heterocycles. The van der Waals surface area contributed by atoms with Gasteiger partial charge >= 0.3 is 0 Å². The van der Waals surface area contributed by atoms with Crippen LogP contribution in [0.2, 0.25) is 0 Å². The van der Waals surface area contributed by atoms with Crippen LogP contribution in [0.25, 0.3) is 0 Å². The van der Waals surface area contributed by atoms with Crippen molar-refractivity contribution in [2.24, 2.45) is 5.73 Å². The first kappa shape index (κ1) is 13.3. The van der Waals surface area contributed by atoms with Gasteiger partial charge in [0, 0.05) is 11.8 Å². The maximum atomic E-state index is 11.7. The molecule has 0 aromatic carbocycles. The third-order valence-corrected chi connectivity index (χ3v) is 5.28. The van der Waals surface area contributed by atoms with Gasteiger partial charge in [-0.1, -0.05) is 0 Å². The van der Waals surface area contributed by atoms with Crippen molar-refractivity contribution in [3.05, 3.63) is 23.2 Å². The second-order valence-corrected chi connectivity index (χ2v) is 7.32. The highest BCUT2D eigenvalue weighted by Crippen LogP contribution is 2.33. The van der Waals surface area contributed by atoms with Gasteiger partial charge in [-0.15, -0.1) is 0 Å². The van der Waals surface area contributed by atoms with Gasteiger partial charge in [0.1, 0.15) is 11.5 Å². The smallest absolute Gasteiger partial charge is 0.154 e. The minimum Gasteiger partial charge on any atom is -0.466 e. The number of rotatable bonds is 3. The summed E-state index contributed by atoms with van der Waals surface area (Å²) in [7, 11) is -3.22. The van der Waals surface area contributed by atoms with Crippen molar-refractivity contribution in [1.82, 2.24) is 0 Å². The summed E-state index contributed by atoms with van der Waals surface area (Å²) in [5, 5.41) is 0. The lowest BCUT2D eigenvalue weighted by Gasteiger charge is -2.29. The van der Waals surface area contributed by atoms with E-state index in [0.717, 1.165) is 11.3 Å². The van der Waals surface area contributed by atoms with Gasteiger partial charge in [0.15, 0.2) is 9.84 Å². The maximum absolute atomic E-state index is 11.7. The zero-order chi connectivity index (χ0) is 12.7. The topological polar surface area (TPSA) is 73.3 Å². The van der Waals surface area contributed by atoms with E-state index < -0.39 is 20.6 Å². The average Bonchev–Trinajstić information content (AvgIpc) is 2.41. The lowest BCUT2D eigenvalue weighted by molar-refractivity contribution is 0.472. The zero-order valence-corrected chi connectivity index (χ0v) is 11.2. The predicted octanol–water partition coefficient (Wildman–Crippen LogP) is 1.72. The molecular weight excluding hydrogens is 226 g/mol. The lowest BCUT2D eigenvalue weighted by atomic mass is 9.96. The van der Waals surface area contributed by atoms with Crippen LogP contribution in [0.4, 0.5) is 0 Å². The van der Waals surface area contributed by atoms with E-state index >= 15 is 0 Å². The van der Waals surface area contributed by atoms with Gasteiger partial charge in [-0.25, -0.2) is 8.42 Å². The summed E-state index contributed by atoms with van der Waals surface area (Å²) in [6.07, 6.45) is 1.20. The van der Waals surface area contributed by atoms with Crippen LogP contribution in [0.3, 0.4) is 0 Å². The largest absolute Gasteiger partial charge is 0.466 e. The fraction of sp³-hybridized carbons (Fsp3) is 0.636. The van der Waals surface area contributed by atoms with E-state index in [2.05, 4.69) is 0 Å². The van der Waals surface area contributed by atoms with Gasteiger partial charge in [-0.3, -0.25) is 0 Å². The Bertz CT molecular complexity index is 485. The van der Waals surface area contributed by atoms with Gasteiger partial charge in [0.2, 0.25) is 0 Å². The molecule has 1 rings (SSSR count). The second-order valence-electron chi connectivity index (χ2n) is 4.72. The van der Waals surface area contributed by atoms with Gasteiger partial charge in [0.25, 0.3) is 0 Å². The van der Waals surface area contributed by atoms with Gasteiger partial charge in [-0.05, 0) is 33.8 Å². The third kappa shape index (κ3) is 2.15. The molecule has 1 unspecified atom stereocenters. The third-order valence-electron chi connectivity index (χ3n) is 3.12. The second kappa shape index (κ2) is 3.89. The van der Waals surface area contributed by atoms with Crippen molar-refractivity contribution in [2.45, 2.75) is 38.5 Å². The minimum atomic E-state index is -3.22. The van der Waals surface area contributed by atoms with Crippen LogP contribution >= 0.6 is 0 Å². The monoisotopic (exact) mass is 245 g/mol. The summed E-state index contributed by atoms with van der Waals surface area (Å²) in [5.74, 6) is 1.42. The molecule has 0 aliphatic rings. The molecule has 0 amide bonds. The SMILES string of the molecule is Cc1cc(C(N)C(C)(C)S(C)(=O)=O)c(C)o1. The fourth-order valence-electron chi connectivity index (χ4n) is 1.56. The molecule has 1 aromatic rings. The highest BCUT2D eigenvalue weighted by atomic mass is 32.2. The Kier molecular flexibility index (Phi) is 3.22. The molecule has 0 radical (unpaired) electrons. The van der Waals surface area contributed by atoms with Crippen molar-refractivity contribution < 1.29 is 12.8 Å². The van der Waals surface area contributed by atoms with Gasteiger partial charge < -0.3 is 10.2 Å². The van der Waals surface area contributed by atoms with Crippen molar-refractivity contribution in [1.29, 1.82) is 0 Å². The van der Waals surface area contributed by atoms with Crippen LogP contribution < -0.4 is 5.73 Å². The van der Waals surface area contributed by atoms with E-state index in [9.17, 15) is 8.42 Å². The molecule has 0 aliphatic carbocycles. The minimum absolute atomic E-state index is 0.583. The molecule has 0 spiro atoms. The normalized spacial score (nSPS) is 15.1. The van der Waals surface area contributed by atoms with Gasteiger partial charge in [0.05, 0.1) is 10.8 Å². The number of hydrogen-bond acceptors (Lipinski definition) is 4. The molecular formula is C11H19NO3S. The molecule has 0 aliphatic heterocycles. The van der Waals surface area contributed by atoms with E-state index in [1.165, 1.54) is 6.26 Å². The lowest BCUT2D eigenvalue weighted by Crippen LogP contribution is -2.42. The Hall–Kier alpha value is -0.810. The van der Waals surface area contributed by atoms with Crippen LogP contribution in [-0.4, -0.2) is 19.4 Å². The van der Waals surface area contributed by atoms with Crippen LogP contribution in [-0.2, 0) is 9.84 Å². The number of sulfone groups is 1. The highest BCUT2D eigenvalue weighted by Gasteiger charge is 2.39. The quantitative estimate of drug-likeness (QED) is 0.880. The number of aryl methyl sites for hydroxylation is 2. The van der Waals surface area contributed by atoms with E-state index in [0.29, 0.717) is 5.76 Å². The molecule has 92 valence electrons. The first-order valence-corrected chi connectivity index (χ1v) is 6.98. The molecule has 1 aromatic heterocycles. The molecule has 1 atom stereocenters. The molecule has 16 heavy (non-hydrogen) atoms. The summed E-state index contributed by atoms with van der Waals surface area (Å²) < 4.78 is 27.7. The van der Waals surface area contributed by atoms with E-state index in [-0.39, 0.29) is 0 Å². The average molecular weight is 245 g/mol. The number of nitrogens with two attached hydrogens (primary N) is 1. The molecule has 5 heteroatoms. The fourth-order valence-corrected chi connectivity index (χ4v) is 2.15. The molecule has 2 N–H and O–H groups in total. The summed E-state index contributed by atoms with van der Waals surface area (Å²) in [6.45, 7) is 6.88. The van der Waals surface area contributed by atoms with E-state index in [1.807, 2.05) is 6.92 Å². The van der Waals surface area contributed by atoms with E-state index in [4.69, 9.17) is 10.2 Å². The van der Waals surface area contributed by atoms with Crippen LogP contribution in [0.1, 0.15) is 37.0 Å². The summed E-state index contributed by atoms with van der Waals surface area (Å²) in [5.41, 5.74) is 6.79. The molecule has 0 saturated carbocycles. The maximum Gasteiger partial charge on any atom is 0.154 e. The Labute approximate surface area is 96.7 Å². The predicted molar refractivity (Wildman–Crippen MR) is 64.0 cm³/mol. The van der Waals surface area contributed by atoms with Crippen molar-refractivity contribution in [2.75, 3.05) is 6.26 Å². The van der Waals surface area contributed by atoms with Crippen molar-refractivity contribution in [3.63, 3.8) is 0 Å². The molecule has 1 heterocycles. The zero-order valence-electron chi connectivity index (χ0n) is 10.4.